The lowest BCUT2D eigenvalue weighted by Crippen LogP contribution is -2.84. The molecule has 0 aromatic heterocycles. The third kappa shape index (κ3) is 3.30. The largest absolute Gasteiger partial charge is 0.496 e. The van der Waals surface area contributed by atoms with Gasteiger partial charge in [-0.25, -0.2) is 0 Å². The molecule has 2 aromatic rings. The molecule has 1 aliphatic carbocycles. The van der Waals surface area contributed by atoms with Crippen LogP contribution < -0.4 is 10.1 Å². The van der Waals surface area contributed by atoms with Gasteiger partial charge in [-0.15, -0.1) is 0 Å². The Hall–Kier alpha value is -1.32. The molecule has 2 nitrogen and oxygen atoms in total. The highest BCUT2D eigenvalue weighted by Gasteiger charge is 2.22. The van der Waals surface area contributed by atoms with Crippen molar-refractivity contribution in [1.82, 2.24) is 0 Å². The van der Waals surface area contributed by atoms with Crippen LogP contribution in [-0.2, 0) is 13.0 Å². The first kappa shape index (κ1) is 14.6. The fourth-order valence-electron chi connectivity index (χ4n) is 3.21. The second kappa shape index (κ2) is 6.63. The fraction of sp³-hybridized carbons (Fsp3) is 0.333. The number of benzene rings is 2. The van der Waals surface area contributed by atoms with Crippen molar-refractivity contribution in [2.45, 2.75) is 31.8 Å². The summed E-state index contributed by atoms with van der Waals surface area (Å²) in [7, 11) is 1.74. The summed E-state index contributed by atoms with van der Waals surface area (Å²) in [5, 5.41) is 2.45. The molecule has 0 bridgehead atoms. The summed E-state index contributed by atoms with van der Waals surface area (Å²) >= 11 is 3.55. The van der Waals surface area contributed by atoms with Crippen molar-refractivity contribution in [3.8, 4) is 5.75 Å². The minimum Gasteiger partial charge on any atom is -0.496 e. The highest BCUT2D eigenvalue weighted by molar-refractivity contribution is 9.10. The zero-order chi connectivity index (χ0) is 14.7. The van der Waals surface area contributed by atoms with E-state index in [4.69, 9.17) is 4.74 Å². The summed E-state index contributed by atoms with van der Waals surface area (Å²) < 4.78 is 6.58. The topological polar surface area (TPSA) is 25.8 Å². The van der Waals surface area contributed by atoms with Crippen LogP contribution in [0.1, 0.15) is 35.6 Å². The van der Waals surface area contributed by atoms with Gasteiger partial charge in [-0.2, -0.15) is 0 Å². The predicted octanol–water partition coefficient (Wildman–Crippen LogP) is 3.60. The van der Waals surface area contributed by atoms with Crippen LogP contribution >= 0.6 is 15.9 Å². The number of hydrogen-bond donors (Lipinski definition) is 1. The van der Waals surface area contributed by atoms with Gasteiger partial charge in [0.05, 0.1) is 7.11 Å². The van der Waals surface area contributed by atoms with Gasteiger partial charge in [0.1, 0.15) is 18.3 Å². The second-order valence-corrected chi connectivity index (χ2v) is 6.51. The average molecular weight is 347 g/mol. The molecule has 0 fully saturated rings. The minimum absolute atomic E-state index is 0.568. The van der Waals surface area contributed by atoms with Crippen molar-refractivity contribution in [1.29, 1.82) is 0 Å². The van der Waals surface area contributed by atoms with Crippen LogP contribution in [0, 0.1) is 0 Å². The third-order valence-electron chi connectivity index (χ3n) is 4.28. The molecule has 3 rings (SSSR count). The van der Waals surface area contributed by atoms with Crippen LogP contribution in [0.2, 0.25) is 0 Å². The van der Waals surface area contributed by atoms with Gasteiger partial charge in [-0.05, 0) is 36.6 Å². The molecule has 110 valence electrons. The molecule has 0 saturated carbocycles. The van der Waals surface area contributed by atoms with Gasteiger partial charge in [0.25, 0.3) is 0 Å². The van der Waals surface area contributed by atoms with E-state index < -0.39 is 0 Å². The van der Waals surface area contributed by atoms with Crippen LogP contribution in [0.15, 0.2) is 46.9 Å². The first-order valence-corrected chi connectivity index (χ1v) is 8.31. The molecule has 2 aromatic carbocycles. The molecule has 0 heterocycles. The van der Waals surface area contributed by atoms with Crippen LogP contribution in [-0.4, -0.2) is 7.11 Å². The summed E-state index contributed by atoms with van der Waals surface area (Å²) in [6.07, 6.45) is 3.77. The van der Waals surface area contributed by atoms with E-state index >= 15 is 0 Å². The van der Waals surface area contributed by atoms with E-state index in [1.54, 1.807) is 7.11 Å². The van der Waals surface area contributed by atoms with Gasteiger partial charge >= 0.3 is 0 Å². The van der Waals surface area contributed by atoms with E-state index in [1.807, 2.05) is 12.1 Å². The van der Waals surface area contributed by atoms with Crippen molar-refractivity contribution in [2.24, 2.45) is 0 Å². The minimum atomic E-state index is 0.568. The number of methoxy groups -OCH3 is 1. The van der Waals surface area contributed by atoms with Crippen molar-refractivity contribution < 1.29 is 10.1 Å². The molecule has 3 heteroatoms. The Labute approximate surface area is 134 Å². The molecular formula is C18H21BrNO+. The van der Waals surface area contributed by atoms with Gasteiger partial charge < -0.3 is 10.1 Å². The maximum Gasteiger partial charge on any atom is 0.127 e. The zero-order valence-corrected chi connectivity index (χ0v) is 13.9. The Morgan fingerprint density at radius 1 is 1.24 bits per heavy atom. The van der Waals surface area contributed by atoms with Crippen LogP contribution in [0.5, 0.6) is 5.75 Å². The molecule has 0 unspecified atom stereocenters. The predicted molar refractivity (Wildman–Crippen MR) is 88.4 cm³/mol. The normalized spacial score (nSPS) is 17.3. The fourth-order valence-corrected chi connectivity index (χ4v) is 3.62. The number of halogens is 1. The first-order chi connectivity index (χ1) is 10.3. The number of rotatable bonds is 4. The van der Waals surface area contributed by atoms with Gasteiger partial charge in [-0.3, -0.25) is 0 Å². The number of aryl methyl sites for hydroxylation is 1. The Balaban J connectivity index is 1.76. The van der Waals surface area contributed by atoms with Gasteiger partial charge in [0.2, 0.25) is 0 Å². The smallest absolute Gasteiger partial charge is 0.127 e. The lowest BCUT2D eigenvalue weighted by atomic mass is 9.87. The van der Waals surface area contributed by atoms with Crippen molar-refractivity contribution in [3.63, 3.8) is 0 Å². The van der Waals surface area contributed by atoms with Crippen molar-refractivity contribution in [3.05, 3.63) is 63.6 Å². The highest BCUT2D eigenvalue weighted by Crippen LogP contribution is 2.27. The molecule has 1 aliphatic rings. The quantitative estimate of drug-likeness (QED) is 0.899. The van der Waals surface area contributed by atoms with Gasteiger partial charge in [0.15, 0.2) is 0 Å². The van der Waals surface area contributed by atoms with Crippen molar-refractivity contribution >= 4 is 15.9 Å². The van der Waals surface area contributed by atoms with Crippen LogP contribution in [0.25, 0.3) is 0 Å². The standard InChI is InChI=1S/C18H20BrNO/c1-21-18-10-9-15(19)11-14(18)12-20-17-8-4-6-13-5-2-3-7-16(13)17/h2-3,5,7,9-11,17,20H,4,6,8,12H2,1H3/p+1/t17-/m1/s1. The van der Waals surface area contributed by atoms with E-state index in [0.29, 0.717) is 6.04 Å². The molecular weight excluding hydrogens is 326 g/mol. The summed E-state index contributed by atoms with van der Waals surface area (Å²) in [6.45, 7) is 0.946. The van der Waals surface area contributed by atoms with E-state index in [0.717, 1.165) is 16.8 Å². The first-order valence-electron chi connectivity index (χ1n) is 7.51. The van der Waals surface area contributed by atoms with E-state index in [2.05, 4.69) is 51.6 Å². The van der Waals surface area contributed by atoms with Crippen LogP contribution in [0.3, 0.4) is 0 Å². The monoisotopic (exact) mass is 346 g/mol. The maximum absolute atomic E-state index is 5.47. The number of hydrogen-bond acceptors (Lipinski definition) is 1. The Kier molecular flexibility index (Phi) is 4.61. The molecule has 21 heavy (non-hydrogen) atoms. The summed E-state index contributed by atoms with van der Waals surface area (Å²) in [5.41, 5.74) is 4.28. The molecule has 0 amide bonds. The molecule has 0 radical (unpaired) electrons. The molecule has 2 N–H and O–H groups in total. The maximum atomic E-state index is 5.47. The van der Waals surface area contributed by atoms with E-state index in [-0.39, 0.29) is 0 Å². The summed E-state index contributed by atoms with van der Waals surface area (Å²) in [6, 6.07) is 15.6. The van der Waals surface area contributed by atoms with E-state index in [1.165, 1.54) is 36.0 Å². The lowest BCUT2D eigenvalue weighted by molar-refractivity contribution is -0.712. The number of fused-ring (bicyclic) bond motifs is 1. The molecule has 0 aliphatic heterocycles. The number of ether oxygens (including phenoxy) is 1. The van der Waals surface area contributed by atoms with Gasteiger partial charge in [0, 0.05) is 22.0 Å². The zero-order valence-electron chi connectivity index (χ0n) is 12.3. The highest BCUT2D eigenvalue weighted by atomic mass is 79.9. The van der Waals surface area contributed by atoms with Gasteiger partial charge in [-0.1, -0.05) is 40.2 Å². The summed E-state index contributed by atoms with van der Waals surface area (Å²) in [5.74, 6) is 0.971. The number of nitrogens with two attached hydrogens (primary N) is 1. The molecule has 0 saturated heterocycles. The third-order valence-corrected chi connectivity index (χ3v) is 4.77. The lowest BCUT2D eigenvalue weighted by Gasteiger charge is -2.24. The SMILES string of the molecule is COc1ccc(Br)cc1C[NH2+][C@@H]1CCCc2ccccc21. The van der Waals surface area contributed by atoms with E-state index in [9.17, 15) is 0 Å². The Morgan fingerprint density at radius 2 is 2.10 bits per heavy atom. The van der Waals surface area contributed by atoms with Crippen LogP contribution in [0.4, 0.5) is 0 Å². The molecule has 1 atom stereocenters. The molecule has 0 spiro atoms. The van der Waals surface area contributed by atoms with Crippen molar-refractivity contribution in [2.75, 3.05) is 7.11 Å². The summed E-state index contributed by atoms with van der Waals surface area (Å²) in [4.78, 5) is 0. The number of quaternary nitrogens is 1. The Morgan fingerprint density at radius 3 is 2.95 bits per heavy atom. The second-order valence-electron chi connectivity index (χ2n) is 5.59. The average Bonchev–Trinajstić information content (AvgIpc) is 2.53. The Bertz CT molecular complexity index is 626.